The van der Waals surface area contributed by atoms with Crippen molar-refractivity contribution in [3.63, 3.8) is 0 Å². The van der Waals surface area contributed by atoms with Gasteiger partial charge in [0.05, 0.1) is 0 Å². The molecule has 3 aromatic carbocycles. The van der Waals surface area contributed by atoms with E-state index in [9.17, 15) is 0 Å². The van der Waals surface area contributed by atoms with Crippen LogP contribution in [0, 0.1) is 26.0 Å². The van der Waals surface area contributed by atoms with Gasteiger partial charge in [-0.2, -0.15) is 30.3 Å². The van der Waals surface area contributed by atoms with Crippen molar-refractivity contribution in [2.45, 2.75) is 13.8 Å². The number of aryl methyl sites for hydroxylation is 2. The van der Waals surface area contributed by atoms with Crippen LogP contribution in [0.25, 0.3) is 22.3 Å². The minimum absolute atomic E-state index is 0. The zero-order chi connectivity index (χ0) is 13.9. The van der Waals surface area contributed by atoms with E-state index >= 15 is 0 Å². The molecular formula is C20H16W. The Hall–Kier alpha value is -1.65. The Kier molecular flexibility index (Phi) is 5.15. The van der Waals surface area contributed by atoms with Gasteiger partial charge >= 0.3 is 21.1 Å². The van der Waals surface area contributed by atoms with E-state index in [0.29, 0.717) is 0 Å². The van der Waals surface area contributed by atoms with Gasteiger partial charge in [0.2, 0.25) is 0 Å². The molecule has 1 heteroatoms. The van der Waals surface area contributed by atoms with Crippen LogP contribution in [-0.4, -0.2) is 0 Å². The van der Waals surface area contributed by atoms with Gasteiger partial charge < -0.3 is 0 Å². The maximum atomic E-state index is 3.37. The van der Waals surface area contributed by atoms with E-state index in [2.05, 4.69) is 68.4 Å². The van der Waals surface area contributed by atoms with Gasteiger partial charge in [-0.25, -0.2) is 11.1 Å². The molecule has 0 nitrogen and oxygen atoms in total. The quantitative estimate of drug-likeness (QED) is 0.479. The first-order valence-electron chi connectivity index (χ1n) is 6.80. The first-order chi connectivity index (χ1) is 9.74. The Bertz CT molecular complexity index is 680. The van der Waals surface area contributed by atoms with Crippen molar-refractivity contribution in [1.82, 2.24) is 0 Å². The van der Waals surface area contributed by atoms with Crippen LogP contribution in [-0.2, 0) is 21.1 Å². The average Bonchev–Trinajstić information content (AvgIpc) is 2.47. The monoisotopic (exact) mass is 440 g/mol. The third-order valence-electron chi connectivity index (χ3n) is 3.41. The molecule has 0 bridgehead atoms. The molecule has 0 unspecified atom stereocenters. The Morgan fingerprint density at radius 2 is 1.57 bits per heavy atom. The van der Waals surface area contributed by atoms with Crippen molar-refractivity contribution in [3.05, 3.63) is 83.9 Å². The van der Waals surface area contributed by atoms with Gasteiger partial charge in [-0.1, -0.05) is 42.3 Å². The average molecular weight is 440 g/mol. The Morgan fingerprint density at radius 3 is 2.33 bits per heavy atom. The van der Waals surface area contributed by atoms with Gasteiger partial charge in [0.1, 0.15) is 0 Å². The molecule has 0 amide bonds. The predicted octanol–water partition coefficient (Wildman–Crippen LogP) is 5.24. The van der Waals surface area contributed by atoms with Crippen molar-refractivity contribution < 1.29 is 21.1 Å². The molecule has 3 aromatic rings. The van der Waals surface area contributed by atoms with Crippen molar-refractivity contribution in [2.75, 3.05) is 0 Å². The van der Waals surface area contributed by atoms with E-state index in [0.717, 1.165) is 11.1 Å². The largest absolute Gasteiger partial charge is 2.00 e. The molecule has 0 saturated carbocycles. The van der Waals surface area contributed by atoms with Crippen LogP contribution in [0.5, 0.6) is 0 Å². The standard InChI is InChI=1S/C20H16.W/c1-15-7-5-9-17(13-15)19-11-3-4-12-20(19)18-10-6-8-16(2)14-18;/h3-9,11,13-14H,1-2H3;/q-2;+2. The van der Waals surface area contributed by atoms with Crippen LogP contribution in [0.15, 0.2) is 60.7 Å². The number of hydrogen-bond donors (Lipinski definition) is 0. The van der Waals surface area contributed by atoms with Crippen LogP contribution < -0.4 is 0 Å². The Morgan fingerprint density at radius 1 is 0.762 bits per heavy atom. The molecular weight excluding hydrogens is 424 g/mol. The van der Waals surface area contributed by atoms with Crippen LogP contribution >= 0.6 is 0 Å². The molecule has 102 valence electrons. The molecule has 0 heterocycles. The minimum Gasteiger partial charge on any atom is -0.225 e. The molecule has 0 radical (unpaired) electrons. The van der Waals surface area contributed by atoms with E-state index < -0.39 is 0 Å². The second kappa shape index (κ2) is 6.87. The van der Waals surface area contributed by atoms with Crippen LogP contribution in [0.2, 0.25) is 0 Å². The van der Waals surface area contributed by atoms with E-state index in [1.807, 2.05) is 18.2 Å². The predicted molar refractivity (Wildman–Crippen MR) is 84.5 cm³/mol. The second-order valence-corrected chi connectivity index (χ2v) is 5.11. The molecule has 21 heavy (non-hydrogen) atoms. The van der Waals surface area contributed by atoms with Gasteiger partial charge in [0.15, 0.2) is 0 Å². The molecule has 0 aliphatic heterocycles. The van der Waals surface area contributed by atoms with Crippen molar-refractivity contribution >= 4 is 0 Å². The molecule has 0 saturated heterocycles. The summed E-state index contributed by atoms with van der Waals surface area (Å²) in [6, 6.07) is 27.6. The summed E-state index contributed by atoms with van der Waals surface area (Å²) in [6.07, 6.45) is 0. The van der Waals surface area contributed by atoms with Crippen LogP contribution in [0.4, 0.5) is 0 Å². The van der Waals surface area contributed by atoms with Gasteiger partial charge in [0, 0.05) is 0 Å². The van der Waals surface area contributed by atoms with Gasteiger partial charge in [0.25, 0.3) is 0 Å². The smallest absolute Gasteiger partial charge is 0.225 e. The fraction of sp³-hybridized carbons (Fsp3) is 0.100. The molecule has 0 aliphatic carbocycles. The molecule has 0 spiro atoms. The summed E-state index contributed by atoms with van der Waals surface area (Å²) < 4.78 is 0. The molecule has 0 aromatic heterocycles. The first kappa shape index (κ1) is 15.7. The number of hydrogen-bond acceptors (Lipinski definition) is 0. The van der Waals surface area contributed by atoms with Gasteiger partial charge in [-0.05, 0) is 6.92 Å². The summed E-state index contributed by atoms with van der Waals surface area (Å²) in [5, 5.41) is 0. The number of rotatable bonds is 2. The molecule has 0 atom stereocenters. The zero-order valence-electron chi connectivity index (χ0n) is 12.2. The topological polar surface area (TPSA) is 0 Å². The summed E-state index contributed by atoms with van der Waals surface area (Å²) in [6.45, 7) is 4.22. The van der Waals surface area contributed by atoms with Crippen LogP contribution in [0.3, 0.4) is 0 Å². The Balaban J connectivity index is 0.00000161. The SMILES string of the molecule is Cc1cc[c-]c(-c2[c-]cccc2-c2cccc(C)c2)c1.[W+2]. The van der Waals surface area contributed by atoms with Crippen molar-refractivity contribution in [1.29, 1.82) is 0 Å². The molecule has 0 aliphatic rings. The van der Waals surface area contributed by atoms with Crippen LogP contribution in [0.1, 0.15) is 11.1 Å². The maximum Gasteiger partial charge on any atom is 2.00 e. The van der Waals surface area contributed by atoms with Gasteiger partial charge in [-0.3, -0.25) is 0 Å². The molecule has 0 fully saturated rings. The van der Waals surface area contributed by atoms with E-state index in [-0.39, 0.29) is 21.1 Å². The normalized spacial score (nSPS) is 10.0. The third-order valence-corrected chi connectivity index (χ3v) is 3.41. The van der Waals surface area contributed by atoms with Crippen molar-refractivity contribution in [2.24, 2.45) is 0 Å². The first-order valence-corrected chi connectivity index (χ1v) is 6.80. The fourth-order valence-corrected chi connectivity index (χ4v) is 2.44. The fourth-order valence-electron chi connectivity index (χ4n) is 2.44. The molecule has 3 rings (SSSR count). The maximum absolute atomic E-state index is 3.37. The number of benzene rings is 3. The minimum atomic E-state index is 0. The summed E-state index contributed by atoms with van der Waals surface area (Å²) in [4.78, 5) is 0. The Labute approximate surface area is 141 Å². The van der Waals surface area contributed by atoms with E-state index in [1.165, 1.54) is 22.3 Å². The van der Waals surface area contributed by atoms with Crippen molar-refractivity contribution in [3.8, 4) is 22.3 Å². The zero-order valence-corrected chi connectivity index (χ0v) is 15.1. The van der Waals surface area contributed by atoms with Gasteiger partial charge in [-0.15, -0.1) is 29.3 Å². The third kappa shape index (κ3) is 3.52. The van der Waals surface area contributed by atoms with E-state index in [4.69, 9.17) is 0 Å². The van der Waals surface area contributed by atoms with E-state index in [1.54, 1.807) is 0 Å². The molecule has 0 N–H and O–H groups in total. The summed E-state index contributed by atoms with van der Waals surface area (Å²) in [5.74, 6) is 0. The summed E-state index contributed by atoms with van der Waals surface area (Å²) >= 11 is 0. The summed E-state index contributed by atoms with van der Waals surface area (Å²) in [7, 11) is 0. The summed E-state index contributed by atoms with van der Waals surface area (Å²) in [5.41, 5.74) is 7.16. The second-order valence-electron chi connectivity index (χ2n) is 5.11.